The summed E-state index contributed by atoms with van der Waals surface area (Å²) in [6.45, 7) is -0.0292. The molecule has 37 heavy (non-hydrogen) atoms. The number of benzene rings is 3. The standard InChI is InChI=1S/C28H27ClFN3O4/c1-36-15-14-32(28(35)22-11-4-6-13-24(22)30)18-27(34)33-26(21-10-3-5-12-23(21)29)17-25(31-33)19-8-7-9-20(16-19)37-2/h3-13,16,26H,14-15,17-18H2,1-2H3/t26-/m1/s1. The third kappa shape index (κ3) is 5.98. The summed E-state index contributed by atoms with van der Waals surface area (Å²) in [5.41, 5.74) is 2.12. The number of amides is 2. The highest BCUT2D eigenvalue weighted by molar-refractivity contribution is 6.31. The van der Waals surface area contributed by atoms with Crippen LogP contribution in [0, 0.1) is 5.82 Å². The summed E-state index contributed by atoms with van der Waals surface area (Å²) in [5.74, 6) is -1.02. The second-order valence-corrected chi connectivity index (χ2v) is 8.86. The largest absolute Gasteiger partial charge is 0.497 e. The summed E-state index contributed by atoms with van der Waals surface area (Å²) in [7, 11) is 3.07. The van der Waals surface area contributed by atoms with Crippen molar-refractivity contribution in [1.82, 2.24) is 9.91 Å². The summed E-state index contributed by atoms with van der Waals surface area (Å²) < 4.78 is 24.8. The van der Waals surface area contributed by atoms with Gasteiger partial charge in [0.25, 0.3) is 11.8 Å². The zero-order valence-corrected chi connectivity index (χ0v) is 21.3. The van der Waals surface area contributed by atoms with E-state index in [1.807, 2.05) is 42.5 Å². The van der Waals surface area contributed by atoms with Gasteiger partial charge < -0.3 is 14.4 Å². The monoisotopic (exact) mass is 523 g/mol. The Balaban J connectivity index is 1.66. The second-order valence-electron chi connectivity index (χ2n) is 8.46. The van der Waals surface area contributed by atoms with Crippen LogP contribution in [0.25, 0.3) is 0 Å². The predicted molar refractivity (Wildman–Crippen MR) is 139 cm³/mol. The molecule has 1 heterocycles. The SMILES string of the molecule is COCCN(CC(=O)N1N=C(c2cccc(OC)c2)C[C@@H]1c1ccccc1Cl)C(=O)c1ccccc1F. The highest BCUT2D eigenvalue weighted by Gasteiger charge is 2.35. The number of hydrazone groups is 1. The van der Waals surface area contributed by atoms with Crippen LogP contribution >= 0.6 is 11.6 Å². The molecule has 0 saturated carbocycles. The molecular weight excluding hydrogens is 497 g/mol. The van der Waals surface area contributed by atoms with Gasteiger partial charge in [-0.15, -0.1) is 0 Å². The van der Waals surface area contributed by atoms with Gasteiger partial charge in [-0.1, -0.05) is 54.1 Å². The Bertz CT molecular complexity index is 1320. The molecule has 0 spiro atoms. The van der Waals surface area contributed by atoms with Crippen molar-refractivity contribution in [2.75, 3.05) is 33.9 Å². The molecule has 1 atom stereocenters. The first kappa shape index (κ1) is 26.3. The molecule has 0 saturated heterocycles. The first-order valence-corrected chi connectivity index (χ1v) is 12.1. The molecule has 9 heteroatoms. The lowest BCUT2D eigenvalue weighted by atomic mass is 9.98. The van der Waals surface area contributed by atoms with Crippen molar-refractivity contribution in [2.45, 2.75) is 12.5 Å². The summed E-state index contributed by atoms with van der Waals surface area (Å²) in [6.07, 6.45) is 0.419. The molecule has 0 unspecified atom stereocenters. The Morgan fingerprint density at radius 3 is 2.57 bits per heavy atom. The Morgan fingerprint density at radius 2 is 1.84 bits per heavy atom. The number of halogens is 2. The normalized spacial score (nSPS) is 14.9. The fraction of sp³-hybridized carbons (Fsp3) is 0.250. The predicted octanol–water partition coefficient (Wildman–Crippen LogP) is 4.95. The van der Waals surface area contributed by atoms with Gasteiger partial charge in [0.2, 0.25) is 0 Å². The minimum absolute atomic E-state index is 0.104. The van der Waals surface area contributed by atoms with Crippen LogP contribution in [0.4, 0.5) is 4.39 Å². The van der Waals surface area contributed by atoms with E-state index in [9.17, 15) is 14.0 Å². The number of nitrogens with zero attached hydrogens (tertiary/aromatic N) is 3. The molecule has 0 aliphatic carbocycles. The van der Waals surface area contributed by atoms with Crippen molar-refractivity contribution >= 4 is 29.1 Å². The van der Waals surface area contributed by atoms with Gasteiger partial charge in [-0.2, -0.15) is 5.10 Å². The van der Waals surface area contributed by atoms with Crippen molar-refractivity contribution in [3.63, 3.8) is 0 Å². The molecule has 0 aromatic heterocycles. The van der Waals surface area contributed by atoms with Gasteiger partial charge >= 0.3 is 0 Å². The van der Waals surface area contributed by atoms with Crippen molar-refractivity contribution in [2.24, 2.45) is 5.10 Å². The van der Waals surface area contributed by atoms with Crippen LogP contribution in [0.1, 0.15) is 33.9 Å². The van der Waals surface area contributed by atoms with E-state index >= 15 is 0 Å². The molecule has 0 radical (unpaired) electrons. The average molecular weight is 524 g/mol. The van der Waals surface area contributed by atoms with Crippen molar-refractivity contribution in [1.29, 1.82) is 0 Å². The fourth-order valence-corrected chi connectivity index (χ4v) is 4.46. The molecule has 0 N–H and O–H groups in total. The molecule has 2 amide bonds. The van der Waals surface area contributed by atoms with E-state index in [0.717, 1.165) is 11.1 Å². The number of rotatable bonds is 9. The van der Waals surface area contributed by atoms with E-state index in [0.29, 0.717) is 22.9 Å². The molecule has 7 nitrogen and oxygen atoms in total. The summed E-state index contributed by atoms with van der Waals surface area (Å²) >= 11 is 6.51. The fourth-order valence-electron chi connectivity index (χ4n) is 4.20. The van der Waals surface area contributed by atoms with E-state index in [2.05, 4.69) is 5.10 Å². The van der Waals surface area contributed by atoms with Gasteiger partial charge in [0, 0.05) is 30.7 Å². The topological polar surface area (TPSA) is 71.4 Å². The van der Waals surface area contributed by atoms with Gasteiger partial charge in [0.05, 0.1) is 31.0 Å². The Labute approximate surface area is 220 Å². The van der Waals surface area contributed by atoms with Gasteiger partial charge in [0.15, 0.2) is 0 Å². The first-order valence-electron chi connectivity index (χ1n) is 11.7. The van der Waals surface area contributed by atoms with E-state index in [1.54, 1.807) is 19.2 Å². The number of carbonyl (C=O) groups is 2. The maximum atomic E-state index is 14.4. The summed E-state index contributed by atoms with van der Waals surface area (Å²) in [4.78, 5) is 28.1. The molecular formula is C28H27ClFN3O4. The van der Waals surface area contributed by atoms with E-state index < -0.39 is 23.7 Å². The van der Waals surface area contributed by atoms with Gasteiger partial charge in [-0.05, 0) is 35.9 Å². The Kier molecular flexibility index (Phi) is 8.53. The van der Waals surface area contributed by atoms with Gasteiger partial charge in [-0.25, -0.2) is 9.40 Å². The molecule has 1 aliphatic heterocycles. The van der Waals surface area contributed by atoms with E-state index in [-0.39, 0.29) is 25.3 Å². The highest BCUT2D eigenvalue weighted by atomic mass is 35.5. The van der Waals surface area contributed by atoms with Gasteiger partial charge in [0.1, 0.15) is 18.1 Å². The lowest BCUT2D eigenvalue weighted by Crippen LogP contribution is -2.43. The van der Waals surface area contributed by atoms with Crippen molar-refractivity contribution < 1.29 is 23.5 Å². The quantitative estimate of drug-likeness (QED) is 0.398. The minimum atomic E-state index is -0.657. The number of hydrogen-bond acceptors (Lipinski definition) is 5. The highest BCUT2D eigenvalue weighted by Crippen LogP contribution is 2.36. The van der Waals surface area contributed by atoms with Crippen LogP contribution in [-0.4, -0.2) is 61.4 Å². The lowest BCUT2D eigenvalue weighted by Gasteiger charge is -2.27. The molecule has 0 bridgehead atoms. The summed E-state index contributed by atoms with van der Waals surface area (Å²) in [5, 5.41) is 6.53. The smallest absolute Gasteiger partial charge is 0.262 e. The van der Waals surface area contributed by atoms with Crippen molar-refractivity contribution in [3.8, 4) is 5.75 Å². The molecule has 0 fully saturated rings. The van der Waals surface area contributed by atoms with Gasteiger partial charge in [-0.3, -0.25) is 9.59 Å². The summed E-state index contributed by atoms with van der Waals surface area (Å²) in [6, 6.07) is 19.9. The van der Waals surface area contributed by atoms with Crippen LogP contribution in [-0.2, 0) is 9.53 Å². The second kappa shape index (κ2) is 12.0. The lowest BCUT2D eigenvalue weighted by molar-refractivity contribution is -0.133. The van der Waals surface area contributed by atoms with Crippen molar-refractivity contribution in [3.05, 3.63) is 100 Å². The number of carbonyl (C=O) groups excluding carboxylic acids is 2. The third-order valence-corrected chi connectivity index (χ3v) is 6.46. The number of hydrogen-bond donors (Lipinski definition) is 0. The molecule has 3 aromatic rings. The Morgan fingerprint density at radius 1 is 1.08 bits per heavy atom. The molecule has 1 aliphatic rings. The molecule has 3 aromatic carbocycles. The number of ether oxygens (including phenoxy) is 2. The number of methoxy groups -OCH3 is 2. The van der Waals surface area contributed by atoms with Crippen LogP contribution in [0.5, 0.6) is 5.75 Å². The third-order valence-electron chi connectivity index (χ3n) is 6.12. The maximum Gasteiger partial charge on any atom is 0.262 e. The average Bonchev–Trinajstić information content (AvgIpc) is 3.36. The minimum Gasteiger partial charge on any atom is -0.497 e. The zero-order valence-electron chi connectivity index (χ0n) is 20.6. The molecule has 192 valence electrons. The van der Waals surface area contributed by atoms with Crippen LogP contribution in [0.15, 0.2) is 77.9 Å². The maximum absolute atomic E-state index is 14.4. The van der Waals surface area contributed by atoms with Crippen LogP contribution in [0.3, 0.4) is 0 Å². The van der Waals surface area contributed by atoms with Crippen LogP contribution in [0.2, 0.25) is 5.02 Å². The van der Waals surface area contributed by atoms with Crippen LogP contribution < -0.4 is 4.74 Å². The first-order chi connectivity index (χ1) is 17.9. The Hall–Kier alpha value is -3.75. The zero-order chi connectivity index (χ0) is 26.4. The van der Waals surface area contributed by atoms with E-state index in [1.165, 1.54) is 35.2 Å². The molecule has 4 rings (SSSR count). The van der Waals surface area contributed by atoms with E-state index in [4.69, 9.17) is 21.1 Å².